The largest absolute Gasteiger partial charge is 0.493 e. The molecule has 0 spiro atoms. The van der Waals surface area contributed by atoms with Crippen molar-refractivity contribution < 1.29 is 28.5 Å². The molecule has 5 aromatic carbocycles. The van der Waals surface area contributed by atoms with Crippen molar-refractivity contribution in [2.45, 2.75) is 45.1 Å². The molecule has 2 amide bonds. The minimum Gasteiger partial charge on any atom is -0.493 e. The number of hydrogen-bond acceptors (Lipinski definition) is 10. The number of methoxy groups -OCH3 is 2. The van der Waals surface area contributed by atoms with E-state index < -0.39 is 0 Å². The molecule has 2 aliphatic rings. The number of nitrogens with one attached hydrogen (secondary N) is 4. The fraction of sp³-hybridized carbons (Fsp3) is 0.283. The van der Waals surface area contributed by atoms with Crippen molar-refractivity contribution in [1.29, 1.82) is 0 Å². The van der Waals surface area contributed by atoms with Crippen molar-refractivity contribution in [3.63, 3.8) is 0 Å². The molecular weight excluding hydrogens is 733 g/mol. The van der Waals surface area contributed by atoms with E-state index in [2.05, 4.69) is 52.5 Å². The molecule has 2 atom stereocenters. The van der Waals surface area contributed by atoms with Gasteiger partial charge in [0.05, 0.1) is 37.7 Å². The highest BCUT2D eigenvalue weighted by Gasteiger charge is 2.33. The molecule has 0 bridgehead atoms. The number of rotatable bonds is 14. The second kappa shape index (κ2) is 17.8. The number of benzene rings is 5. The fourth-order valence-corrected chi connectivity index (χ4v) is 7.65. The van der Waals surface area contributed by atoms with Gasteiger partial charge in [0.15, 0.2) is 23.0 Å². The van der Waals surface area contributed by atoms with Crippen molar-refractivity contribution in [1.82, 2.24) is 10.6 Å². The number of likely N-dealkylation sites (N-methyl/N-ethyl adjacent to an activating group) is 2. The maximum atomic E-state index is 14.1. The topological polar surface area (TPSA) is 135 Å². The molecule has 12 nitrogen and oxygen atoms in total. The number of hydrogen-bond donors (Lipinski definition) is 4. The number of aliphatic imine (C=N–C) groups is 1. The van der Waals surface area contributed by atoms with E-state index in [0.717, 1.165) is 52.0 Å². The minimum absolute atomic E-state index is 0.00941. The summed E-state index contributed by atoms with van der Waals surface area (Å²) in [6, 6.07) is 29.5. The van der Waals surface area contributed by atoms with Crippen LogP contribution < -0.4 is 45.1 Å². The van der Waals surface area contributed by atoms with Gasteiger partial charge in [-0.3, -0.25) is 14.6 Å². The predicted octanol–water partition coefficient (Wildman–Crippen LogP) is 7.17. The summed E-state index contributed by atoms with van der Waals surface area (Å²) in [6.45, 7) is 2.50. The second-order valence-corrected chi connectivity index (χ2v) is 14.4. The molecule has 2 aliphatic heterocycles. The maximum Gasteiger partial charge on any atom is 0.260 e. The van der Waals surface area contributed by atoms with E-state index in [1.165, 1.54) is 5.56 Å². The number of carbonyl (C=O) groups excluding carboxylic acids is 2. The minimum atomic E-state index is -0.190. The quantitative estimate of drug-likeness (QED) is 0.0926. The lowest BCUT2D eigenvalue weighted by molar-refractivity contribution is -0.115. The molecule has 58 heavy (non-hydrogen) atoms. The zero-order chi connectivity index (χ0) is 40.8. The number of ether oxygens (including phenoxy) is 4. The molecule has 2 heterocycles. The second-order valence-electron chi connectivity index (χ2n) is 14.4. The Kier molecular flexibility index (Phi) is 12.3. The van der Waals surface area contributed by atoms with Crippen LogP contribution in [0, 0.1) is 0 Å². The molecule has 1 unspecified atom stereocenters. The highest BCUT2D eigenvalue weighted by Crippen LogP contribution is 2.43. The first kappa shape index (κ1) is 39.8. The lowest BCUT2D eigenvalue weighted by atomic mass is 9.93. The van der Waals surface area contributed by atoms with Crippen molar-refractivity contribution in [2.24, 2.45) is 4.99 Å². The Balaban J connectivity index is 1.15. The summed E-state index contributed by atoms with van der Waals surface area (Å²) < 4.78 is 24.5. The molecule has 0 radical (unpaired) electrons. The molecule has 0 saturated heterocycles. The lowest BCUT2D eigenvalue weighted by Gasteiger charge is -2.25. The van der Waals surface area contributed by atoms with Gasteiger partial charge in [-0.1, -0.05) is 42.5 Å². The molecule has 0 aliphatic carbocycles. The van der Waals surface area contributed by atoms with Crippen LogP contribution in [-0.2, 0) is 30.8 Å². The molecule has 4 N–H and O–H groups in total. The highest BCUT2D eigenvalue weighted by molar-refractivity contribution is 6.11. The van der Waals surface area contributed by atoms with Crippen LogP contribution in [0.3, 0.4) is 0 Å². The van der Waals surface area contributed by atoms with Gasteiger partial charge < -0.3 is 45.1 Å². The first-order valence-corrected chi connectivity index (χ1v) is 19.4. The summed E-state index contributed by atoms with van der Waals surface area (Å²) in [5.41, 5.74) is 9.36. The third-order valence-electron chi connectivity index (χ3n) is 10.5. The summed E-state index contributed by atoms with van der Waals surface area (Å²) in [4.78, 5) is 33.5. The zero-order valence-electron chi connectivity index (χ0n) is 33.8. The van der Waals surface area contributed by atoms with Gasteiger partial charge in [-0.25, -0.2) is 0 Å². The molecular formula is C46H50N6O6. The van der Waals surface area contributed by atoms with Gasteiger partial charge in [0.1, 0.15) is 13.2 Å². The molecule has 0 fully saturated rings. The number of anilines is 3. The highest BCUT2D eigenvalue weighted by atomic mass is 16.5. The summed E-state index contributed by atoms with van der Waals surface area (Å²) in [6.07, 6.45) is 3.53. The Hall–Kier alpha value is -6.37. The molecule has 300 valence electrons. The Bertz CT molecular complexity index is 2340. The number of nitrogens with zero attached hydrogens (tertiary/aromatic N) is 2. The Morgan fingerprint density at radius 3 is 2.12 bits per heavy atom. The van der Waals surface area contributed by atoms with Gasteiger partial charge in [-0.15, -0.1) is 0 Å². The van der Waals surface area contributed by atoms with Crippen LogP contribution in [0.15, 0.2) is 96.0 Å². The van der Waals surface area contributed by atoms with E-state index >= 15 is 0 Å². The van der Waals surface area contributed by atoms with Crippen LogP contribution >= 0.6 is 0 Å². The van der Waals surface area contributed by atoms with Crippen LogP contribution in [0.25, 0.3) is 11.1 Å². The number of fused-ring (bicyclic) bond motifs is 4. The van der Waals surface area contributed by atoms with Gasteiger partial charge >= 0.3 is 0 Å². The molecule has 5 aromatic rings. The van der Waals surface area contributed by atoms with E-state index in [1.54, 1.807) is 40.4 Å². The Labute approximate surface area is 339 Å². The van der Waals surface area contributed by atoms with Gasteiger partial charge in [0.25, 0.3) is 5.91 Å². The van der Waals surface area contributed by atoms with Gasteiger partial charge in [-0.05, 0) is 98.1 Å². The first-order chi connectivity index (χ1) is 28.2. The number of amides is 2. The third kappa shape index (κ3) is 8.48. The lowest BCUT2D eigenvalue weighted by Crippen LogP contribution is -2.36. The average molecular weight is 783 g/mol. The summed E-state index contributed by atoms with van der Waals surface area (Å²) in [7, 11) is 8.61. The monoisotopic (exact) mass is 782 g/mol. The molecule has 0 aromatic heterocycles. The van der Waals surface area contributed by atoms with E-state index in [0.29, 0.717) is 39.9 Å². The third-order valence-corrected chi connectivity index (χ3v) is 10.5. The van der Waals surface area contributed by atoms with Crippen molar-refractivity contribution in [2.75, 3.05) is 57.4 Å². The van der Waals surface area contributed by atoms with Crippen molar-refractivity contribution in [3.8, 4) is 34.1 Å². The van der Waals surface area contributed by atoms with Crippen molar-refractivity contribution >= 4 is 40.8 Å². The van der Waals surface area contributed by atoms with Gasteiger partial charge in [-0.2, -0.15) is 0 Å². The van der Waals surface area contributed by atoms with Crippen LogP contribution in [-0.4, -0.2) is 72.0 Å². The first-order valence-electron chi connectivity index (χ1n) is 19.4. The van der Waals surface area contributed by atoms with E-state index in [9.17, 15) is 9.59 Å². The zero-order valence-corrected chi connectivity index (χ0v) is 33.8. The number of para-hydroxylation sites is 1. The van der Waals surface area contributed by atoms with Crippen molar-refractivity contribution in [3.05, 3.63) is 119 Å². The molecule has 0 saturated carbocycles. The van der Waals surface area contributed by atoms with E-state index in [1.807, 2.05) is 72.8 Å². The van der Waals surface area contributed by atoms with Crippen LogP contribution in [0.2, 0.25) is 0 Å². The van der Waals surface area contributed by atoms with E-state index in [4.69, 9.17) is 23.9 Å². The van der Waals surface area contributed by atoms with E-state index in [-0.39, 0.29) is 43.7 Å². The molecule has 7 rings (SSSR count). The summed E-state index contributed by atoms with van der Waals surface area (Å²) in [5, 5.41) is 12.4. The fourth-order valence-electron chi connectivity index (χ4n) is 7.65. The maximum absolute atomic E-state index is 14.1. The van der Waals surface area contributed by atoms with Gasteiger partial charge in [0, 0.05) is 54.4 Å². The Morgan fingerprint density at radius 1 is 0.759 bits per heavy atom. The standard InChI is InChI=1S/C46H50N6O6/c1-28-15-32-12-8-10-14-40(32)52(28)46(54)37-21-42(56-6)43(22-38(37)49-4)57-26-29-16-30(18-33(17-29)51-45(53)25-47-2)27-58-44-23-39-36(20-41(44)55-5)35-13-9-7-11-31(35)19-34(48-3)24-50-39/h7-14,16-18,20-24,28,34,47-49H,15,19,25-27H2,1-6H3,(H,51,53)/t28-,34?/m1/s1. The van der Waals surface area contributed by atoms with Gasteiger partial charge in [0.2, 0.25) is 5.91 Å². The summed E-state index contributed by atoms with van der Waals surface area (Å²) in [5.74, 6) is 1.67. The van der Waals surface area contributed by atoms with Crippen LogP contribution in [0.4, 0.5) is 22.7 Å². The Morgan fingerprint density at radius 2 is 1.43 bits per heavy atom. The predicted molar refractivity (Wildman–Crippen MR) is 230 cm³/mol. The average Bonchev–Trinajstić information content (AvgIpc) is 3.57. The smallest absolute Gasteiger partial charge is 0.260 e. The SMILES string of the molecule is CNCC(=O)Nc1cc(COc2cc3c(cc2OC)-c2ccccc2CC(NC)C=N3)cc(COc2cc(NC)c(C(=O)N3c4ccccc4C[C@H]3C)cc2OC)c1. The number of carbonyl (C=O) groups is 2. The normalized spacial score (nSPS) is 15.3. The molecule has 12 heteroatoms. The van der Waals surface area contributed by atoms with Crippen LogP contribution in [0.5, 0.6) is 23.0 Å². The van der Waals surface area contributed by atoms with Crippen LogP contribution in [0.1, 0.15) is 39.5 Å². The summed E-state index contributed by atoms with van der Waals surface area (Å²) >= 11 is 0.